The molecule has 0 unspecified atom stereocenters. The van der Waals surface area contributed by atoms with Gasteiger partial charge in [-0.05, 0) is 28.6 Å². The second-order valence-corrected chi connectivity index (χ2v) is 5.69. The number of carbonyl (C=O) groups is 1. The minimum Gasteiger partial charge on any atom is -0.321 e. The van der Waals surface area contributed by atoms with Gasteiger partial charge in [-0.15, -0.1) is 5.10 Å². The van der Waals surface area contributed by atoms with Gasteiger partial charge in [0.2, 0.25) is 0 Å². The Hall–Kier alpha value is -3.81. The van der Waals surface area contributed by atoms with Crippen LogP contribution in [0.4, 0.5) is 5.69 Å². The van der Waals surface area contributed by atoms with E-state index in [1.165, 1.54) is 0 Å². The van der Waals surface area contributed by atoms with Crippen molar-refractivity contribution >= 4 is 11.6 Å². The predicted molar refractivity (Wildman–Crippen MR) is 96.2 cm³/mol. The highest BCUT2D eigenvalue weighted by molar-refractivity contribution is 6.03. The zero-order chi connectivity index (χ0) is 17.9. The van der Waals surface area contributed by atoms with Gasteiger partial charge in [0, 0.05) is 23.9 Å². The van der Waals surface area contributed by atoms with Crippen molar-refractivity contribution in [3.63, 3.8) is 0 Å². The molecule has 0 saturated heterocycles. The number of aromatic amines is 1. The summed E-state index contributed by atoms with van der Waals surface area (Å²) < 4.78 is 1.57. The van der Waals surface area contributed by atoms with Crippen molar-refractivity contribution < 1.29 is 4.79 Å². The molecular weight excluding hydrogens is 330 g/mol. The van der Waals surface area contributed by atoms with Gasteiger partial charge in [0.15, 0.2) is 5.82 Å². The standard InChI is InChI=1S/C18H15N7O/c1-25-17(22-23-24-25)13-8-5-9-14(10-13)19-18(26)16-11-15(20-21-16)12-6-3-2-4-7-12/h2-11H,1H3,(H,19,26)(H,20,21). The number of hydrogen-bond donors (Lipinski definition) is 2. The number of hydrogen-bond acceptors (Lipinski definition) is 5. The lowest BCUT2D eigenvalue weighted by Crippen LogP contribution is -2.12. The van der Waals surface area contributed by atoms with Crippen LogP contribution in [0.5, 0.6) is 0 Å². The van der Waals surface area contributed by atoms with Crippen molar-refractivity contribution in [3.05, 3.63) is 66.4 Å². The molecule has 2 aromatic carbocycles. The number of nitrogens with zero attached hydrogens (tertiary/aromatic N) is 5. The largest absolute Gasteiger partial charge is 0.321 e. The van der Waals surface area contributed by atoms with E-state index in [1.54, 1.807) is 23.9 Å². The molecule has 0 aliphatic carbocycles. The second kappa shape index (κ2) is 6.60. The molecule has 2 N–H and O–H groups in total. The average molecular weight is 345 g/mol. The molecule has 1 amide bonds. The van der Waals surface area contributed by atoms with E-state index >= 15 is 0 Å². The Morgan fingerprint density at radius 2 is 1.85 bits per heavy atom. The average Bonchev–Trinajstić information content (AvgIpc) is 3.32. The van der Waals surface area contributed by atoms with E-state index in [1.807, 2.05) is 48.5 Å². The summed E-state index contributed by atoms with van der Waals surface area (Å²) in [7, 11) is 1.76. The lowest BCUT2D eigenvalue weighted by atomic mass is 10.1. The Morgan fingerprint density at radius 3 is 2.62 bits per heavy atom. The summed E-state index contributed by atoms with van der Waals surface area (Å²) in [5.74, 6) is 0.349. The van der Waals surface area contributed by atoms with Gasteiger partial charge in [-0.25, -0.2) is 4.68 Å². The van der Waals surface area contributed by atoms with Crippen molar-refractivity contribution in [2.24, 2.45) is 7.05 Å². The van der Waals surface area contributed by atoms with Crippen molar-refractivity contribution in [1.29, 1.82) is 0 Å². The second-order valence-electron chi connectivity index (χ2n) is 5.69. The van der Waals surface area contributed by atoms with E-state index in [0.717, 1.165) is 16.8 Å². The van der Waals surface area contributed by atoms with E-state index in [2.05, 4.69) is 31.0 Å². The maximum Gasteiger partial charge on any atom is 0.273 e. The number of H-pyrrole nitrogens is 1. The molecular formula is C18H15N7O. The van der Waals surface area contributed by atoms with E-state index in [-0.39, 0.29) is 5.91 Å². The Kier molecular flexibility index (Phi) is 3.98. The number of tetrazole rings is 1. The number of anilines is 1. The highest BCUT2D eigenvalue weighted by Crippen LogP contribution is 2.21. The van der Waals surface area contributed by atoms with Crippen LogP contribution in [0.25, 0.3) is 22.6 Å². The van der Waals surface area contributed by atoms with Gasteiger partial charge in [-0.3, -0.25) is 9.89 Å². The fourth-order valence-corrected chi connectivity index (χ4v) is 2.60. The van der Waals surface area contributed by atoms with Gasteiger partial charge in [-0.2, -0.15) is 5.10 Å². The van der Waals surface area contributed by atoms with Crippen molar-refractivity contribution in [1.82, 2.24) is 30.4 Å². The van der Waals surface area contributed by atoms with Gasteiger partial charge >= 0.3 is 0 Å². The molecule has 2 heterocycles. The first-order chi connectivity index (χ1) is 12.7. The first kappa shape index (κ1) is 15.7. The summed E-state index contributed by atoms with van der Waals surface area (Å²) in [6.45, 7) is 0. The van der Waals surface area contributed by atoms with Crippen LogP contribution in [0.3, 0.4) is 0 Å². The minimum atomic E-state index is -0.270. The number of carbonyl (C=O) groups excluding carboxylic acids is 1. The summed E-state index contributed by atoms with van der Waals surface area (Å²) >= 11 is 0. The van der Waals surface area contributed by atoms with Crippen LogP contribution >= 0.6 is 0 Å². The summed E-state index contributed by atoms with van der Waals surface area (Å²) in [4.78, 5) is 12.5. The third-order valence-electron chi connectivity index (χ3n) is 3.89. The first-order valence-electron chi connectivity index (χ1n) is 7.96. The van der Waals surface area contributed by atoms with Gasteiger partial charge in [0.1, 0.15) is 5.69 Å². The van der Waals surface area contributed by atoms with Gasteiger partial charge in [0.25, 0.3) is 5.91 Å². The number of aryl methyl sites for hydroxylation is 1. The topological polar surface area (TPSA) is 101 Å². The van der Waals surface area contributed by atoms with Crippen molar-refractivity contribution in [3.8, 4) is 22.6 Å². The number of amides is 1. The minimum absolute atomic E-state index is 0.270. The lowest BCUT2D eigenvalue weighted by molar-refractivity contribution is 0.102. The summed E-state index contributed by atoms with van der Waals surface area (Å²) in [6, 6.07) is 18.7. The molecule has 4 rings (SSSR count). The SMILES string of the molecule is Cn1nnnc1-c1cccc(NC(=O)c2cc(-c3ccccc3)n[nH]2)c1. The normalized spacial score (nSPS) is 10.7. The van der Waals surface area contributed by atoms with Crippen LogP contribution in [-0.4, -0.2) is 36.3 Å². The molecule has 0 aliphatic heterocycles. The highest BCUT2D eigenvalue weighted by Gasteiger charge is 2.12. The molecule has 2 aromatic heterocycles. The highest BCUT2D eigenvalue weighted by atomic mass is 16.1. The van der Waals surface area contributed by atoms with E-state index in [0.29, 0.717) is 17.2 Å². The molecule has 4 aromatic rings. The molecule has 8 nitrogen and oxygen atoms in total. The summed E-state index contributed by atoms with van der Waals surface area (Å²) in [5, 5.41) is 21.3. The van der Waals surface area contributed by atoms with Crippen LogP contribution in [0.2, 0.25) is 0 Å². The quantitative estimate of drug-likeness (QED) is 0.592. The smallest absolute Gasteiger partial charge is 0.273 e. The zero-order valence-corrected chi connectivity index (χ0v) is 13.9. The number of benzene rings is 2. The third kappa shape index (κ3) is 3.07. The monoisotopic (exact) mass is 345 g/mol. The maximum atomic E-state index is 12.5. The molecule has 0 aliphatic rings. The summed E-state index contributed by atoms with van der Waals surface area (Å²) in [5.41, 5.74) is 3.50. The zero-order valence-electron chi connectivity index (χ0n) is 13.9. The Bertz CT molecular complexity index is 1050. The van der Waals surface area contributed by atoms with E-state index in [4.69, 9.17) is 0 Å². The number of rotatable bonds is 4. The third-order valence-corrected chi connectivity index (χ3v) is 3.89. The van der Waals surface area contributed by atoms with Crippen LogP contribution in [0, 0.1) is 0 Å². The summed E-state index contributed by atoms with van der Waals surface area (Å²) in [6.07, 6.45) is 0. The van der Waals surface area contributed by atoms with E-state index in [9.17, 15) is 4.79 Å². The van der Waals surface area contributed by atoms with Crippen LogP contribution in [0.15, 0.2) is 60.7 Å². The van der Waals surface area contributed by atoms with Gasteiger partial charge < -0.3 is 5.32 Å². The Morgan fingerprint density at radius 1 is 1.04 bits per heavy atom. The molecule has 0 fully saturated rings. The van der Waals surface area contributed by atoms with Crippen molar-refractivity contribution in [2.75, 3.05) is 5.32 Å². The fourth-order valence-electron chi connectivity index (χ4n) is 2.60. The molecule has 8 heteroatoms. The molecule has 128 valence electrons. The molecule has 0 radical (unpaired) electrons. The molecule has 0 spiro atoms. The number of aromatic nitrogens is 6. The van der Waals surface area contributed by atoms with Crippen LogP contribution in [-0.2, 0) is 7.05 Å². The van der Waals surface area contributed by atoms with Crippen molar-refractivity contribution in [2.45, 2.75) is 0 Å². The molecule has 0 saturated carbocycles. The van der Waals surface area contributed by atoms with Gasteiger partial charge in [-0.1, -0.05) is 42.5 Å². The Balaban J connectivity index is 1.54. The lowest BCUT2D eigenvalue weighted by Gasteiger charge is -2.05. The fraction of sp³-hybridized carbons (Fsp3) is 0.0556. The van der Waals surface area contributed by atoms with Crippen LogP contribution < -0.4 is 5.32 Å². The molecule has 0 bridgehead atoms. The maximum absolute atomic E-state index is 12.5. The molecule has 0 atom stereocenters. The molecule has 26 heavy (non-hydrogen) atoms. The van der Waals surface area contributed by atoms with Gasteiger partial charge in [0.05, 0.1) is 5.69 Å². The van der Waals surface area contributed by atoms with Crippen LogP contribution in [0.1, 0.15) is 10.5 Å². The number of nitrogens with one attached hydrogen (secondary N) is 2. The Labute approximate surface area is 148 Å². The first-order valence-corrected chi connectivity index (χ1v) is 7.96. The van der Waals surface area contributed by atoms with E-state index < -0.39 is 0 Å². The predicted octanol–water partition coefficient (Wildman–Crippen LogP) is 2.52.